The van der Waals surface area contributed by atoms with Crippen LogP contribution in [0.2, 0.25) is 0 Å². The summed E-state index contributed by atoms with van der Waals surface area (Å²) in [5, 5.41) is 96.2. The van der Waals surface area contributed by atoms with Gasteiger partial charge in [-0.1, -0.05) is 54.6 Å². The Labute approximate surface area is 833 Å². The van der Waals surface area contributed by atoms with Gasteiger partial charge in [0.15, 0.2) is 0 Å². The Bertz CT molecular complexity index is 3080. The fourth-order valence-electron chi connectivity index (χ4n) is 7.63. The smallest absolute Gasteiger partial charge is 0.465 e. The number of ether oxygens (including phenoxy) is 3. The van der Waals surface area contributed by atoms with E-state index >= 15 is 0 Å². The number of carbonyl (C=O) groups excluding carboxylic acids is 9. The summed E-state index contributed by atoms with van der Waals surface area (Å²) in [5.41, 5.74) is -0.191. The lowest BCUT2D eigenvalue weighted by molar-refractivity contribution is -0.870. The molecule has 2 amide bonds. The van der Waals surface area contributed by atoms with Crippen molar-refractivity contribution in [3.05, 3.63) is 434 Å². The molecule has 1 heterocycles. The zero-order valence-electron chi connectivity index (χ0n) is 82.6. The van der Waals surface area contributed by atoms with E-state index in [1.54, 1.807) is 54.6 Å². The fourth-order valence-corrected chi connectivity index (χ4v) is 7.63. The highest BCUT2D eigenvalue weighted by atomic mass is 18.0. The first-order valence-corrected chi connectivity index (χ1v) is 38.6. The number of benzene rings is 3. The van der Waals surface area contributed by atoms with Crippen LogP contribution >= 0.6 is 0 Å². The van der Waals surface area contributed by atoms with E-state index < -0.39 is 90.2 Å². The fraction of sp³-hybridized carbons (Fsp3) is 0.222. The van der Waals surface area contributed by atoms with Crippen molar-refractivity contribution in [2.45, 2.75) is 90.1 Å². The third-order valence-corrected chi connectivity index (χ3v) is 11.8. The molecule has 1 aliphatic heterocycles. The third kappa shape index (κ3) is 132. The number of esters is 1. The van der Waals surface area contributed by atoms with Crippen LogP contribution in [-0.4, -0.2) is 103 Å². The molecule has 0 fully saturated rings. The second kappa shape index (κ2) is 178. The Morgan fingerprint density at radius 2 is 0.667 bits per heavy atom. The van der Waals surface area contributed by atoms with E-state index in [9.17, 15) is 53.3 Å². The van der Waals surface area contributed by atoms with Gasteiger partial charge < -0.3 is 14.2 Å². The minimum absolute atomic E-state index is 0.0352. The lowest BCUT2D eigenvalue weighted by Gasteiger charge is -2.30. The molecule has 1 unspecified atom stereocenters. The summed E-state index contributed by atoms with van der Waals surface area (Å²) in [4.78, 5) is 145. The van der Waals surface area contributed by atoms with Crippen molar-refractivity contribution in [3.63, 3.8) is 0 Å². The summed E-state index contributed by atoms with van der Waals surface area (Å²) in [7, 11) is 2.09. The van der Waals surface area contributed by atoms with Gasteiger partial charge in [0.25, 0.3) is 17.5 Å². The monoisotopic (exact) mass is 2010 g/mol. The Kier molecular flexibility index (Phi) is 227. The van der Waals surface area contributed by atoms with Gasteiger partial charge in [0.2, 0.25) is 0 Å². The molecular weight excluding hydrogens is 1860 g/mol. The molecule has 0 bridgehead atoms. The van der Waals surface area contributed by atoms with Crippen molar-refractivity contribution in [3.8, 4) is 5.75 Å². The van der Waals surface area contributed by atoms with Gasteiger partial charge in [-0.3, -0.25) is 53.4 Å². The number of nitro groups is 1. The molecule has 0 N–H and O–H groups in total. The van der Waals surface area contributed by atoms with Gasteiger partial charge in [0.1, 0.15) is 47.9 Å². The van der Waals surface area contributed by atoms with Crippen LogP contribution in [0.4, 0.5) is 10.5 Å². The number of Topliss-reactive ketones (excluding diaryl/α,β-unsaturated/α-hetero) is 5. The number of imide groups is 1. The second-order valence-corrected chi connectivity index (χ2v) is 18.4. The zero-order chi connectivity index (χ0) is 115. The molecule has 0 aromatic heterocycles. The van der Waals surface area contributed by atoms with Gasteiger partial charge in [-0.05, 0) is 159 Å². The molecule has 1 aliphatic rings. The minimum Gasteiger partial charge on any atom is -0.465 e. The quantitative estimate of drug-likeness (QED) is 0.00740. The van der Waals surface area contributed by atoms with E-state index in [1.165, 1.54) is 12.1 Å². The number of rotatable bonds is 57. The second-order valence-electron chi connectivity index (χ2n) is 18.4. The van der Waals surface area contributed by atoms with Crippen LogP contribution in [-0.2, 0) is 198 Å². The average molecular weight is 2010 g/mol. The normalized spacial score (nSPS) is 8.91. The minimum atomic E-state index is -1.91. The Morgan fingerprint density at radius 1 is 0.340 bits per heavy atom. The van der Waals surface area contributed by atoms with E-state index in [0.717, 1.165) is 49.0 Å². The van der Waals surface area contributed by atoms with E-state index in [2.05, 4.69) is 436 Å². The molecular formula is C99H154N2O40. The van der Waals surface area contributed by atoms with E-state index in [0.29, 0.717) is 11.1 Å². The van der Waals surface area contributed by atoms with Crippen LogP contribution in [0.5, 0.6) is 5.75 Å². The van der Waals surface area contributed by atoms with Gasteiger partial charge >= 0.3 is 12.1 Å². The predicted octanol–water partition coefficient (Wildman–Crippen LogP) is 24.2. The summed E-state index contributed by atoms with van der Waals surface area (Å²) in [5.74, 6) is -5.01. The van der Waals surface area contributed by atoms with E-state index in [-0.39, 0.29) is 107 Å². The summed E-state index contributed by atoms with van der Waals surface area (Å²) in [6.45, 7) is 141. The largest absolute Gasteiger partial charge is 0.514 e. The number of ketones is 5. The number of hydrogen-bond acceptors (Lipinski definition) is 40. The van der Waals surface area contributed by atoms with E-state index in [4.69, 9.17) is 24.0 Å². The van der Waals surface area contributed by atoms with Crippen molar-refractivity contribution in [1.82, 2.24) is 4.90 Å². The number of hydrogen-bond donors (Lipinski definition) is 0. The number of carbonyl (C=O) groups is 9. The van der Waals surface area contributed by atoms with Gasteiger partial charge in [-0.2, -0.15) is 0 Å². The number of amides is 2. The Morgan fingerprint density at radius 3 is 1.02 bits per heavy atom. The first-order chi connectivity index (χ1) is 69.1. The van der Waals surface area contributed by atoms with Crippen molar-refractivity contribution < 1.29 is 193 Å². The molecule has 4 rings (SSSR count). The number of nitrogens with zero attached hydrogens (tertiary/aromatic N) is 2. The van der Waals surface area contributed by atoms with Gasteiger partial charge in [0, 0.05) is 101 Å². The molecule has 0 saturated heterocycles. The molecule has 800 valence electrons. The van der Waals surface area contributed by atoms with Crippen LogP contribution in [0.15, 0.2) is 407 Å². The molecule has 0 radical (unpaired) electrons. The third-order valence-electron chi connectivity index (χ3n) is 11.8. The maximum Gasteiger partial charge on any atom is 0.514 e. The Balaban J connectivity index is -0.000000137. The summed E-state index contributed by atoms with van der Waals surface area (Å²) in [6.07, 6.45) is -1.55. The van der Waals surface area contributed by atoms with Gasteiger partial charge in [0.05, 0.1) is 37.8 Å². The summed E-state index contributed by atoms with van der Waals surface area (Å²) in [6, 6.07) is 20.2. The summed E-state index contributed by atoms with van der Waals surface area (Å²) >= 11 is 0. The number of nitro benzene ring substituents is 1. The molecule has 0 aliphatic carbocycles. The Hall–Kier alpha value is -14.3. The molecule has 3 aromatic rings. The van der Waals surface area contributed by atoms with Crippen LogP contribution < -0.4 is 4.74 Å². The standard InChI is InChI=1S/C51H58N2O40.24C2H4/c1-65-72-76-80-84-88-92-90-86-82-78-74-69-34-51(35-70-75-79-83-87-91-93-89-85-81-77-73-66-2,31-44(57)12-6-10-41(54)26-27-52-47(59)24-25-48(52)60)33-68-49(61)13-7-11-42(55)30-39(28-36-8-4-3-5-9-36)46(58)23-20-43(56)29-37-14-16-38(17-15-37)32-67-50(62)71-45-21-18-40(19-22-45)53(63)64;24*1-2/h3-5,8-9,14-19,21-22,24-25,39H,6-7,10-13,20,23,26-35H2,1-2H3;24*1-2H2. The van der Waals surface area contributed by atoms with Crippen molar-refractivity contribution in [2.75, 3.05) is 40.6 Å². The molecule has 0 spiro atoms. The van der Waals surface area contributed by atoms with Crippen LogP contribution in [0.3, 0.4) is 0 Å². The SMILES string of the molecule is C=C.C=C.C=C.C=C.C=C.C=C.C=C.C=C.C=C.C=C.C=C.C=C.C=C.C=C.C=C.C=C.C=C.C=C.C=C.C=C.C=C.C=C.C=C.C=C.COOOOOOOOOOOOOCC(COOOOOOOOOOOOOC)(COC(=O)CCCC(=O)CC(Cc1ccccc1)C(=O)CCC(=O)Cc1ccc(COC(=O)Oc2ccc([N+](=O)[O-])cc2)cc1)CC(=O)CCCC(=O)CCN1C(=O)C=CC1=O. The first-order valence-electron chi connectivity index (χ1n) is 38.6. The molecule has 3 aromatic carbocycles. The lowest BCUT2D eigenvalue weighted by Crippen LogP contribution is -2.40. The van der Waals surface area contributed by atoms with Crippen molar-refractivity contribution in [1.29, 1.82) is 0 Å². The highest BCUT2D eigenvalue weighted by Gasteiger charge is 2.38. The van der Waals surface area contributed by atoms with Crippen molar-refractivity contribution in [2.24, 2.45) is 11.3 Å². The highest BCUT2D eigenvalue weighted by molar-refractivity contribution is 6.13. The lowest BCUT2D eigenvalue weighted by atomic mass is 9.84. The van der Waals surface area contributed by atoms with Crippen LogP contribution in [0.25, 0.3) is 0 Å². The molecule has 141 heavy (non-hydrogen) atoms. The first kappa shape index (κ1) is 179. The van der Waals surface area contributed by atoms with Gasteiger partial charge in [-0.25, -0.2) is 24.3 Å². The average Bonchev–Trinajstić information content (AvgIpc) is 1.71. The van der Waals surface area contributed by atoms with Crippen LogP contribution in [0.1, 0.15) is 87.3 Å². The maximum absolute atomic E-state index is 13.7. The van der Waals surface area contributed by atoms with Crippen LogP contribution in [0, 0.1) is 21.4 Å². The van der Waals surface area contributed by atoms with E-state index in [1.807, 2.05) is 0 Å². The molecule has 42 nitrogen and oxygen atoms in total. The zero-order valence-corrected chi connectivity index (χ0v) is 82.6. The van der Waals surface area contributed by atoms with Crippen molar-refractivity contribution >= 4 is 58.5 Å². The predicted molar refractivity (Wildman–Crippen MR) is 543 cm³/mol. The molecule has 42 heteroatoms. The molecule has 0 saturated carbocycles. The number of non-ortho nitro benzene ring substituents is 1. The van der Waals surface area contributed by atoms with Gasteiger partial charge in [-0.15, -0.1) is 316 Å². The topological polar surface area (TPSA) is 468 Å². The highest BCUT2D eigenvalue weighted by Crippen LogP contribution is 2.28. The summed E-state index contributed by atoms with van der Waals surface area (Å²) < 4.78 is 15.6. The molecule has 1 atom stereocenters. The maximum atomic E-state index is 13.7.